The molecule has 0 amide bonds. The molecule has 0 radical (unpaired) electrons. The molecule has 0 unspecified atom stereocenters. The van der Waals surface area contributed by atoms with E-state index in [0.717, 1.165) is 38.4 Å². The first-order valence-electron chi connectivity index (χ1n) is 19.7. The molecule has 2 aliphatic rings. The topological polar surface area (TPSA) is 38.7 Å². The van der Waals surface area contributed by atoms with E-state index in [-0.39, 0.29) is 0 Å². The molecule has 1 aliphatic heterocycles. The van der Waals surface area contributed by atoms with Crippen LogP contribution >= 0.6 is 11.8 Å². The van der Waals surface area contributed by atoms with Gasteiger partial charge in [0.1, 0.15) is 0 Å². The lowest BCUT2D eigenvalue weighted by molar-refractivity contribution is 0.722. The first-order valence-corrected chi connectivity index (χ1v) is 20.5. The van der Waals surface area contributed by atoms with Crippen LogP contribution < -0.4 is 0 Å². The van der Waals surface area contributed by atoms with Gasteiger partial charge < -0.3 is 0 Å². The van der Waals surface area contributed by atoms with Gasteiger partial charge in [-0.2, -0.15) is 0 Å². The van der Waals surface area contributed by atoms with E-state index >= 15 is 0 Å². The Labute approximate surface area is 340 Å². The zero-order chi connectivity index (χ0) is 38.2. The number of hydrogen-bond donors (Lipinski definition) is 0. The van der Waals surface area contributed by atoms with Crippen LogP contribution in [0.5, 0.6) is 0 Å². The molecular formula is C54H33N3S. The summed E-state index contributed by atoms with van der Waals surface area (Å²) < 4.78 is 0. The Morgan fingerprint density at radius 2 is 0.845 bits per heavy atom. The lowest BCUT2D eigenvalue weighted by Gasteiger charge is -2.39. The van der Waals surface area contributed by atoms with Crippen molar-refractivity contribution in [3.8, 4) is 56.4 Å². The zero-order valence-electron chi connectivity index (χ0n) is 31.3. The molecule has 58 heavy (non-hydrogen) atoms. The third-order valence-corrected chi connectivity index (χ3v) is 13.2. The maximum Gasteiger partial charge on any atom is 0.164 e. The predicted molar refractivity (Wildman–Crippen MR) is 238 cm³/mol. The summed E-state index contributed by atoms with van der Waals surface area (Å²) in [4.78, 5) is 18.1. The van der Waals surface area contributed by atoms with Gasteiger partial charge in [0.15, 0.2) is 17.5 Å². The highest BCUT2D eigenvalue weighted by atomic mass is 32.2. The molecule has 0 bridgehead atoms. The molecule has 12 rings (SSSR count). The highest BCUT2D eigenvalue weighted by Gasteiger charge is 2.50. The van der Waals surface area contributed by atoms with Crippen LogP contribution in [0.1, 0.15) is 22.3 Å². The van der Waals surface area contributed by atoms with E-state index in [9.17, 15) is 0 Å². The third kappa shape index (κ3) is 4.92. The van der Waals surface area contributed by atoms with Gasteiger partial charge in [-0.15, -0.1) is 0 Å². The maximum absolute atomic E-state index is 5.18. The monoisotopic (exact) mass is 755 g/mol. The molecule has 3 nitrogen and oxygen atoms in total. The number of nitrogens with zero attached hydrogens (tertiary/aromatic N) is 3. The molecule has 0 saturated carbocycles. The van der Waals surface area contributed by atoms with E-state index < -0.39 is 5.41 Å². The Bertz CT molecular complexity index is 3230. The minimum Gasteiger partial charge on any atom is -0.208 e. The van der Waals surface area contributed by atoms with Crippen molar-refractivity contribution in [2.75, 3.05) is 0 Å². The van der Waals surface area contributed by atoms with Crippen LogP contribution in [0.3, 0.4) is 0 Å². The summed E-state index contributed by atoms with van der Waals surface area (Å²) >= 11 is 1.88. The van der Waals surface area contributed by atoms with Crippen molar-refractivity contribution >= 4 is 33.3 Å². The fourth-order valence-electron chi connectivity index (χ4n) is 9.45. The summed E-state index contributed by atoms with van der Waals surface area (Å²) in [6, 6.07) is 72.2. The van der Waals surface area contributed by atoms with Gasteiger partial charge in [0.25, 0.3) is 0 Å². The fraction of sp³-hybridized carbons (Fsp3) is 0.0185. The van der Waals surface area contributed by atoms with Gasteiger partial charge in [0.2, 0.25) is 0 Å². The van der Waals surface area contributed by atoms with E-state index in [2.05, 4.69) is 200 Å². The second-order valence-electron chi connectivity index (χ2n) is 15.1. The summed E-state index contributed by atoms with van der Waals surface area (Å²) in [5.74, 6) is 1.95. The van der Waals surface area contributed by atoms with Crippen molar-refractivity contribution in [2.24, 2.45) is 0 Å². The van der Waals surface area contributed by atoms with E-state index in [0.29, 0.717) is 17.5 Å². The minimum atomic E-state index is -0.414. The number of aromatic nitrogens is 3. The van der Waals surface area contributed by atoms with Crippen molar-refractivity contribution in [1.29, 1.82) is 0 Å². The Balaban J connectivity index is 1.02. The Morgan fingerprint density at radius 3 is 1.64 bits per heavy atom. The van der Waals surface area contributed by atoms with E-state index in [4.69, 9.17) is 15.0 Å². The highest BCUT2D eigenvalue weighted by Crippen LogP contribution is 2.63. The molecule has 1 aromatic heterocycles. The number of rotatable bonds is 4. The van der Waals surface area contributed by atoms with Crippen LogP contribution in [0, 0.1) is 0 Å². The number of benzene rings is 9. The average molecular weight is 756 g/mol. The highest BCUT2D eigenvalue weighted by molar-refractivity contribution is 7.99. The van der Waals surface area contributed by atoms with Crippen LogP contribution in [-0.2, 0) is 5.41 Å². The van der Waals surface area contributed by atoms with Gasteiger partial charge in [0.05, 0.1) is 5.41 Å². The molecule has 9 aromatic carbocycles. The summed E-state index contributed by atoms with van der Waals surface area (Å²) in [7, 11) is 0. The molecule has 10 aromatic rings. The SMILES string of the molecule is c1ccc2c(c1)Sc1ccccc1C21c2ccccc2-c2c(-c3ccc(-c4nc(-c5ccc6ccccc6c5)nc(-c5cccc6ccccc56)n4)cc3)cccc21. The lowest BCUT2D eigenvalue weighted by atomic mass is 9.67. The quantitative estimate of drug-likeness (QED) is 0.179. The van der Waals surface area contributed by atoms with Gasteiger partial charge in [-0.1, -0.05) is 194 Å². The standard InChI is InChI=1S/C54H33N3S/c1-2-15-38-33-39(32-27-34(38)13-1)52-55-51(56-53(57-52)42-20-11-16-35-14-3-4-17-40(35)42)37-30-28-36(29-31-37)41-19-12-24-47-50(41)43-18-5-6-21-44(43)54(47)45-22-7-9-25-48(45)58-49-26-10-8-23-46(49)54/h1-33H. The van der Waals surface area contributed by atoms with Crippen LogP contribution in [0.4, 0.5) is 0 Å². The van der Waals surface area contributed by atoms with Crippen molar-refractivity contribution in [3.05, 3.63) is 222 Å². The van der Waals surface area contributed by atoms with Gasteiger partial charge >= 0.3 is 0 Å². The van der Waals surface area contributed by atoms with Crippen molar-refractivity contribution < 1.29 is 0 Å². The smallest absolute Gasteiger partial charge is 0.164 e. The zero-order valence-corrected chi connectivity index (χ0v) is 32.1. The van der Waals surface area contributed by atoms with Crippen LogP contribution in [0.25, 0.3) is 78.0 Å². The maximum atomic E-state index is 5.18. The lowest BCUT2D eigenvalue weighted by Crippen LogP contribution is -2.31. The fourth-order valence-corrected chi connectivity index (χ4v) is 10.6. The Morgan fingerprint density at radius 1 is 0.328 bits per heavy atom. The number of hydrogen-bond acceptors (Lipinski definition) is 4. The van der Waals surface area contributed by atoms with E-state index in [1.165, 1.54) is 54.1 Å². The van der Waals surface area contributed by atoms with Crippen molar-refractivity contribution in [3.63, 3.8) is 0 Å². The number of fused-ring (bicyclic) bond motifs is 11. The predicted octanol–water partition coefficient (Wildman–Crippen LogP) is 13.7. The van der Waals surface area contributed by atoms with E-state index in [1.807, 2.05) is 11.8 Å². The molecule has 0 fully saturated rings. The summed E-state index contributed by atoms with van der Waals surface area (Å²) in [6.07, 6.45) is 0. The molecule has 4 heteroatoms. The Kier molecular flexibility index (Phi) is 7.38. The largest absolute Gasteiger partial charge is 0.208 e. The van der Waals surface area contributed by atoms with Crippen molar-refractivity contribution in [1.82, 2.24) is 15.0 Å². The van der Waals surface area contributed by atoms with Gasteiger partial charge in [0, 0.05) is 26.5 Å². The normalized spacial score (nSPS) is 13.2. The van der Waals surface area contributed by atoms with Gasteiger partial charge in [-0.05, 0) is 84.3 Å². The molecule has 270 valence electrons. The minimum absolute atomic E-state index is 0.414. The molecule has 1 spiro atoms. The second kappa shape index (κ2) is 13.0. The first-order chi connectivity index (χ1) is 28.7. The van der Waals surface area contributed by atoms with Crippen molar-refractivity contribution in [2.45, 2.75) is 15.2 Å². The van der Waals surface area contributed by atoms with Crippen LogP contribution in [0.2, 0.25) is 0 Å². The first kappa shape index (κ1) is 33.0. The molecule has 0 N–H and O–H groups in total. The summed E-state index contributed by atoms with van der Waals surface area (Å²) in [6.45, 7) is 0. The Hall–Kier alpha value is -7.14. The molecule has 2 heterocycles. The molecule has 1 aliphatic carbocycles. The third-order valence-electron chi connectivity index (χ3n) is 12.0. The van der Waals surface area contributed by atoms with Gasteiger partial charge in [-0.3, -0.25) is 0 Å². The second-order valence-corrected chi connectivity index (χ2v) is 16.2. The average Bonchev–Trinajstić information content (AvgIpc) is 3.59. The molecule has 0 saturated heterocycles. The van der Waals surface area contributed by atoms with Gasteiger partial charge in [-0.25, -0.2) is 15.0 Å². The van der Waals surface area contributed by atoms with E-state index in [1.54, 1.807) is 0 Å². The summed E-state index contributed by atoms with van der Waals surface area (Å²) in [5.41, 5.74) is 12.7. The van der Waals surface area contributed by atoms with Crippen LogP contribution in [0.15, 0.2) is 210 Å². The molecular weight excluding hydrogens is 723 g/mol. The van der Waals surface area contributed by atoms with Crippen LogP contribution in [-0.4, -0.2) is 15.0 Å². The molecule has 0 atom stereocenters. The summed E-state index contributed by atoms with van der Waals surface area (Å²) in [5, 5.41) is 4.59.